The van der Waals surface area contributed by atoms with Crippen LogP contribution < -0.4 is 5.32 Å². The summed E-state index contributed by atoms with van der Waals surface area (Å²) in [5, 5.41) is 3.85. The highest BCUT2D eigenvalue weighted by Crippen LogP contribution is 2.24. The standard InChI is InChI=1S/C14H18N2O2S/c1-3-4-7-18-9-14(17)16-11-5-6-13-12(8-11)15-10(2)19-13/h5-6,8H,3-4,7,9H2,1-2H3,(H,16,17). The molecule has 5 heteroatoms. The molecule has 0 aliphatic rings. The lowest BCUT2D eigenvalue weighted by molar-refractivity contribution is -0.120. The van der Waals surface area contributed by atoms with Crippen LogP contribution >= 0.6 is 11.3 Å². The van der Waals surface area contributed by atoms with Crippen molar-refractivity contribution in [1.82, 2.24) is 4.98 Å². The molecule has 102 valence electrons. The largest absolute Gasteiger partial charge is 0.372 e. The van der Waals surface area contributed by atoms with Gasteiger partial charge in [-0.15, -0.1) is 11.3 Å². The van der Waals surface area contributed by atoms with Crippen molar-refractivity contribution in [3.05, 3.63) is 23.2 Å². The van der Waals surface area contributed by atoms with Crippen LogP contribution in [0.4, 0.5) is 5.69 Å². The average molecular weight is 278 g/mol. The normalized spacial score (nSPS) is 10.8. The fraction of sp³-hybridized carbons (Fsp3) is 0.429. The maximum absolute atomic E-state index is 11.7. The number of ether oxygens (including phenoxy) is 1. The van der Waals surface area contributed by atoms with Gasteiger partial charge in [-0.1, -0.05) is 13.3 Å². The molecular weight excluding hydrogens is 260 g/mol. The summed E-state index contributed by atoms with van der Waals surface area (Å²) in [4.78, 5) is 16.1. The first-order chi connectivity index (χ1) is 9.19. The third-order valence-electron chi connectivity index (χ3n) is 2.65. The van der Waals surface area contributed by atoms with Crippen molar-refractivity contribution in [3.63, 3.8) is 0 Å². The first-order valence-corrected chi connectivity index (χ1v) is 7.25. The Morgan fingerprint density at radius 3 is 3.11 bits per heavy atom. The van der Waals surface area contributed by atoms with E-state index in [4.69, 9.17) is 4.74 Å². The molecule has 0 saturated carbocycles. The predicted octanol–water partition coefficient (Wildman–Crippen LogP) is 3.36. The lowest BCUT2D eigenvalue weighted by atomic mass is 10.3. The monoisotopic (exact) mass is 278 g/mol. The molecule has 1 aromatic heterocycles. The minimum absolute atomic E-state index is 0.105. The molecule has 1 heterocycles. The molecule has 0 aliphatic carbocycles. The van der Waals surface area contributed by atoms with Crippen LogP contribution in [-0.2, 0) is 9.53 Å². The van der Waals surface area contributed by atoms with Gasteiger partial charge < -0.3 is 10.1 Å². The van der Waals surface area contributed by atoms with Crippen molar-refractivity contribution in [2.45, 2.75) is 26.7 Å². The molecule has 0 radical (unpaired) electrons. The number of carbonyl (C=O) groups excluding carboxylic acids is 1. The van der Waals surface area contributed by atoms with E-state index in [1.54, 1.807) is 11.3 Å². The number of anilines is 1. The Morgan fingerprint density at radius 2 is 2.32 bits per heavy atom. The number of hydrogen-bond acceptors (Lipinski definition) is 4. The maximum Gasteiger partial charge on any atom is 0.250 e. The van der Waals surface area contributed by atoms with Crippen LogP contribution in [0.5, 0.6) is 0 Å². The summed E-state index contributed by atoms with van der Waals surface area (Å²) in [7, 11) is 0. The van der Waals surface area contributed by atoms with Crippen molar-refractivity contribution >= 4 is 33.1 Å². The molecule has 2 rings (SSSR count). The van der Waals surface area contributed by atoms with Gasteiger partial charge in [-0.05, 0) is 31.5 Å². The van der Waals surface area contributed by atoms with E-state index in [2.05, 4.69) is 17.2 Å². The topological polar surface area (TPSA) is 51.2 Å². The van der Waals surface area contributed by atoms with Gasteiger partial charge >= 0.3 is 0 Å². The molecule has 0 saturated heterocycles. The minimum atomic E-state index is -0.123. The van der Waals surface area contributed by atoms with Gasteiger partial charge in [0.1, 0.15) is 6.61 Å². The SMILES string of the molecule is CCCCOCC(=O)Nc1ccc2sc(C)nc2c1. The molecule has 2 aromatic rings. The summed E-state index contributed by atoms with van der Waals surface area (Å²) in [5.74, 6) is -0.123. The first-order valence-electron chi connectivity index (χ1n) is 6.44. The maximum atomic E-state index is 11.7. The number of aromatic nitrogens is 1. The Hall–Kier alpha value is -1.46. The van der Waals surface area contributed by atoms with Gasteiger partial charge in [0.15, 0.2) is 0 Å². The van der Waals surface area contributed by atoms with E-state index in [1.165, 1.54) is 0 Å². The highest BCUT2D eigenvalue weighted by molar-refractivity contribution is 7.18. The number of nitrogens with zero attached hydrogens (tertiary/aromatic N) is 1. The van der Waals surface area contributed by atoms with Gasteiger partial charge in [0.25, 0.3) is 0 Å². The number of benzene rings is 1. The van der Waals surface area contributed by atoms with Crippen LogP contribution in [0.15, 0.2) is 18.2 Å². The molecule has 0 spiro atoms. The number of unbranched alkanes of at least 4 members (excludes halogenated alkanes) is 1. The molecular formula is C14H18N2O2S. The highest BCUT2D eigenvalue weighted by Gasteiger charge is 2.05. The van der Waals surface area contributed by atoms with E-state index in [-0.39, 0.29) is 12.5 Å². The molecule has 0 bridgehead atoms. The lowest BCUT2D eigenvalue weighted by Gasteiger charge is -2.05. The molecule has 0 atom stereocenters. The zero-order valence-electron chi connectivity index (χ0n) is 11.2. The van der Waals surface area contributed by atoms with Gasteiger partial charge in [-0.25, -0.2) is 4.98 Å². The Kier molecular flexibility index (Phi) is 4.87. The van der Waals surface area contributed by atoms with Crippen LogP contribution in [-0.4, -0.2) is 24.1 Å². The third-order valence-corrected chi connectivity index (χ3v) is 3.61. The highest BCUT2D eigenvalue weighted by atomic mass is 32.1. The molecule has 1 N–H and O–H groups in total. The van der Waals surface area contributed by atoms with E-state index >= 15 is 0 Å². The van der Waals surface area contributed by atoms with Crippen molar-refractivity contribution in [1.29, 1.82) is 0 Å². The molecule has 4 nitrogen and oxygen atoms in total. The summed E-state index contributed by atoms with van der Waals surface area (Å²) in [6, 6.07) is 5.76. The van der Waals surface area contributed by atoms with Crippen LogP contribution in [0.1, 0.15) is 24.8 Å². The summed E-state index contributed by atoms with van der Waals surface area (Å²) in [6.07, 6.45) is 2.05. The van der Waals surface area contributed by atoms with E-state index in [0.717, 1.165) is 33.8 Å². The third kappa shape index (κ3) is 4.01. The second-order valence-corrected chi connectivity index (χ2v) is 5.60. The molecule has 0 aliphatic heterocycles. The summed E-state index contributed by atoms with van der Waals surface area (Å²) in [6.45, 7) is 4.81. The lowest BCUT2D eigenvalue weighted by Crippen LogP contribution is -2.18. The molecule has 1 amide bonds. The summed E-state index contributed by atoms with van der Waals surface area (Å²) < 4.78 is 6.41. The van der Waals surface area contributed by atoms with Crippen LogP contribution in [0.25, 0.3) is 10.2 Å². The summed E-state index contributed by atoms with van der Waals surface area (Å²) >= 11 is 1.65. The van der Waals surface area contributed by atoms with Gasteiger partial charge in [0.2, 0.25) is 5.91 Å². The van der Waals surface area contributed by atoms with Gasteiger partial charge in [-0.2, -0.15) is 0 Å². The van der Waals surface area contributed by atoms with E-state index in [9.17, 15) is 4.79 Å². The Labute approximate surface area is 116 Å². The molecule has 19 heavy (non-hydrogen) atoms. The fourth-order valence-corrected chi connectivity index (χ4v) is 2.54. The van der Waals surface area contributed by atoms with Crippen molar-refractivity contribution < 1.29 is 9.53 Å². The van der Waals surface area contributed by atoms with E-state index in [0.29, 0.717) is 6.61 Å². The fourth-order valence-electron chi connectivity index (χ4n) is 1.73. The molecule has 0 fully saturated rings. The Morgan fingerprint density at radius 1 is 1.47 bits per heavy atom. The second kappa shape index (κ2) is 6.63. The zero-order valence-corrected chi connectivity index (χ0v) is 12.0. The van der Waals surface area contributed by atoms with Gasteiger partial charge in [0, 0.05) is 12.3 Å². The number of rotatable bonds is 6. The number of nitrogens with one attached hydrogen (secondary N) is 1. The second-order valence-electron chi connectivity index (χ2n) is 4.37. The minimum Gasteiger partial charge on any atom is -0.372 e. The van der Waals surface area contributed by atoms with Crippen molar-refractivity contribution in [2.24, 2.45) is 0 Å². The molecule has 0 unspecified atom stereocenters. The van der Waals surface area contributed by atoms with Gasteiger partial charge in [-0.3, -0.25) is 4.79 Å². The molecule has 1 aromatic carbocycles. The summed E-state index contributed by atoms with van der Waals surface area (Å²) in [5.41, 5.74) is 1.69. The smallest absolute Gasteiger partial charge is 0.250 e. The average Bonchev–Trinajstić information content (AvgIpc) is 2.74. The Balaban J connectivity index is 1.91. The number of carbonyl (C=O) groups is 1. The quantitative estimate of drug-likeness (QED) is 0.824. The van der Waals surface area contributed by atoms with Crippen LogP contribution in [0, 0.1) is 6.92 Å². The predicted molar refractivity (Wildman–Crippen MR) is 78.7 cm³/mol. The first kappa shape index (κ1) is 14.0. The van der Waals surface area contributed by atoms with Crippen LogP contribution in [0.2, 0.25) is 0 Å². The van der Waals surface area contributed by atoms with Gasteiger partial charge in [0.05, 0.1) is 15.2 Å². The van der Waals surface area contributed by atoms with E-state index < -0.39 is 0 Å². The number of fused-ring (bicyclic) bond motifs is 1. The number of hydrogen-bond donors (Lipinski definition) is 1. The van der Waals surface area contributed by atoms with Crippen LogP contribution in [0.3, 0.4) is 0 Å². The van der Waals surface area contributed by atoms with E-state index in [1.807, 2.05) is 25.1 Å². The number of thiazole rings is 1. The van der Waals surface area contributed by atoms with Crippen molar-refractivity contribution in [3.8, 4) is 0 Å². The Bertz CT molecular complexity index is 566. The zero-order chi connectivity index (χ0) is 13.7. The van der Waals surface area contributed by atoms with Crippen molar-refractivity contribution in [2.75, 3.05) is 18.5 Å². The number of amides is 1. The number of aryl methyl sites for hydroxylation is 1.